The molecule has 0 fully saturated rings. The number of carbonyl (C=O) groups is 1. The fourth-order valence-electron chi connectivity index (χ4n) is 1.30. The SMILES string of the molecule is COc1cccc(SCC(=O)N[C@H](C)C(C)C)c1. The number of nitrogens with one attached hydrogen (secondary N) is 1. The average molecular weight is 267 g/mol. The Morgan fingerprint density at radius 2 is 2.11 bits per heavy atom. The molecule has 0 aliphatic heterocycles. The van der Waals surface area contributed by atoms with Crippen molar-refractivity contribution in [3.05, 3.63) is 24.3 Å². The maximum absolute atomic E-state index is 11.7. The molecular formula is C14H21NO2S. The van der Waals surface area contributed by atoms with E-state index < -0.39 is 0 Å². The van der Waals surface area contributed by atoms with Gasteiger partial charge in [0.2, 0.25) is 5.91 Å². The Morgan fingerprint density at radius 1 is 1.39 bits per heavy atom. The number of rotatable bonds is 6. The number of benzene rings is 1. The zero-order valence-corrected chi connectivity index (χ0v) is 12.2. The molecule has 0 aromatic heterocycles. The minimum absolute atomic E-state index is 0.0732. The highest BCUT2D eigenvalue weighted by molar-refractivity contribution is 8.00. The van der Waals surface area contributed by atoms with Gasteiger partial charge in [-0.2, -0.15) is 0 Å². The smallest absolute Gasteiger partial charge is 0.230 e. The number of ether oxygens (including phenoxy) is 1. The molecule has 0 aliphatic rings. The number of hydrogen-bond donors (Lipinski definition) is 1. The summed E-state index contributed by atoms with van der Waals surface area (Å²) in [6.45, 7) is 6.22. The summed E-state index contributed by atoms with van der Waals surface area (Å²) in [6, 6.07) is 7.94. The lowest BCUT2D eigenvalue weighted by molar-refractivity contribution is -0.119. The van der Waals surface area contributed by atoms with E-state index in [1.807, 2.05) is 31.2 Å². The second-order valence-electron chi connectivity index (χ2n) is 4.57. The Balaban J connectivity index is 2.42. The van der Waals surface area contributed by atoms with Gasteiger partial charge in [-0.1, -0.05) is 19.9 Å². The first kappa shape index (κ1) is 14.9. The summed E-state index contributed by atoms with van der Waals surface area (Å²) < 4.78 is 5.14. The van der Waals surface area contributed by atoms with Crippen molar-refractivity contribution >= 4 is 17.7 Å². The van der Waals surface area contributed by atoms with Gasteiger partial charge in [0, 0.05) is 10.9 Å². The van der Waals surface area contributed by atoms with Crippen LogP contribution in [0.15, 0.2) is 29.2 Å². The molecule has 0 spiro atoms. The fraction of sp³-hybridized carbons (Fsp3) is 0.500. The van der Waals surface area contributed by atoms with Crippen LogP contribution >= 0.6 is 11.8 Å². The van der Waals surface area contributed by atoms with Crippen molar-refractivity contribution in [2.75, 3.05) is 12.9 Å². The van der Waals surface area contributed by atoms with Gasteiger partial charge in [0.05, 0.1) is 12.9 Å². The van der Waals surface area contributed by atoms with E-state index in [0.717, 1.165) is 10.6 Å². The summed E-state index contributed by atoms with van der Waals surface area (Å²) in [6.07, 6.45) is 0. The molecule has 0 saturated carbocycles. The van der Waals surface area contributed by atoms with E-state index in [9.17, 15) is 4.79 Å². The van der Waals surface area contributed by atoms with Gasteiger partial charge in [0.1, 0.15) is 5.75 Å². The van der Waals surface area contributed by atoms with Gasteiger partial charge in [-0.25, -0.2) is 0 Å². The van der Waals surface area contributed by atoms with Crippen LogP contribution in [0.4, 0.5) is 0 Å². The summed E-state index contributed by atoms with van der Waals surface area (Å²) in [5.41, 5.74) is 0. The predicted molar refractivity (Wildman–Crippen MR) is 76.2 cm³/mol. The molecular weight excluding hydrogens is 246 g/mol. The molecule has 4 heteroatoms. The average Bonchev–Trinajstić information content (AvgIpc) is 2.36. The maximum Gasteiger partial charge on any atom is 0.230 e. The number of hydrogen-bond acceptors (Lipinski definition) is 3. The fourth-order valence-corrected chi connectivity index (χ4v) is 2.06. The normalized spacial score (nSPS) is 12.3. The summed E-state index contributed by atoms with van der Waals surface area (Å²) in [4.78, 5) is 12.8. The summed E-state index contributed by atoms with van der Waals surface area (Å²) >= 11 is 1.52. The minimum atomic E-state index is 0.0732. The second kappa shape index (κ2) is 7.31. The van der Waals surface area contributed by atoms with Crippen LogP contribution in [0.1, 0.15) is 20.8 Å². The topological polar surface area (TPSA) is 38.3 Å². The van der Waals surface area contributed by atoms with Gasteiger partial charge in [-0.3, -0.25) is 4.79 Å². The van der Waals surface area contributed by atoms with Gasteiger partial charge in [0.15, 0.2) is 0 Å². The summed E-state index contributed by atoms with van der Waals surface area (Å²) in [7, 11) is 1.64. The zero-order valence-electron chi connectivity index (χ0n) is 11.4. The molecule has 1 rings (SSSR count). The first-order valence-corrected chi connectivity index (χ1v) is 7.07. The molecule has 1 aromatic rings. The molecule has 0 bridgehead atoms. The molecule has 0 unspecified atom stereocenters. The third-order valence-corrected chi connectivity index (χ3v) is 3.79. The molecule has 3 nitrogen and oxygen atoms in total. The standard InChI is InChI=1S/C14H21NO2S/c1-10(2)11(3)15-14(16)9-18-13-7-5-6-12(8-13)17-4/h5-8,10-11H,9H2,1-4H3,(H,15,16)/t11-/m1/s1. The minimum Gasteiger partial charge on any atom is -0.497 e. The van der Waals surface area contributed by atoms with Gasteiger partial charge in [-0.05, 0) is 31.0 Å². The van der Waals surface area contributed by atoms with Crippen molar-refractivity contribution in [3.8, 4) is 5.75 Å². The number of amides is 1. The molecule has 1 atom stereocenters. The Labute approximate surface area is 113 Å². The first-order valence-electron chi connectivity index (χ1n) is 6.09. The first-order chi connectivity index (χ1) is 8.52. The van der Waals surface area contributed by atoms with Gasteiger partial charge >= 0.3 is 0 Å². The summed E-state index contributed by atoms with van der Waals surface area (Å²) in [5, 5.41) is 2.99. The molecule has 18 heavy (non-hydrogen) atoms. The highest BCUT2D eigenvalue weighted by Crippen LogP contribution is 2.22. The molecule has 1 N–H and O–H groups in total. The number of carbonyl (C=O) groups excluding carboxylic acids is 1. The van der Waals surface area contributed by atoms with E-state index in [-0.39, 0.29) is 11.9 Å². The molecule has 0 aliphatic carbocycles. The van der Waals surface area contributed by atoms with E-state index in [4.69, 9.17) is 4.74 Å². The lowest BCUT2D eigenvalue weighted by atomic mass is 10.1. The molecule has 100 valence electrons. The van der Waals surface area contributed by atoms with Crippen LogP contribution < -0.4 is 10.1 Å². The molecule has 1 amide bonds. The largest absolute Gasteiger partial charge is 0.497 e. The van der Waals surface area contributed by atoms with Crippen molar-refractivity contribution in [3.63, 3.8) is 0 Å². The third-order valence-electron chi connectivity index (χ3n) is 2.80. The third kappa shape index (κ3) is 5.00. The Kier molecular flexibility index (Phi) is 6.05. The van der Waals surface area contributed by atoms with Gasteiger partial charge in [0.25, 0.3) is 0 Å². The van der Waals surface area contributed by atoms with Crippen molar-refractivity contribution in [1.82, 2.24) is 5.32 Å². The van der Waals surface area contributed by atoms with Crippen LogP contribution in [0.5, 0.6) is 5.75 Å². The zero-order chi connectivity index (χ0) is 13.5. The van der Waals surface area contributed by atoms with E-state index >= 15 is 0 Å². The monoisotopic (exact) mass is 267 g/mol. The summed E-state index contributed by atoms with van der Waals surface area (Å²) in [5.74, 6) is 1.78. The molecule has 0 radical (unpaired) electrons. The van der Waals surface area contributed by atoms with Crippen LogP contribution in [-0.2, 0) is 4.79 Å². The van der Waals surface area contributed by atoms with E-state index in [2.05, 4.69) is 19.2 Å². The van der Waals surface area contributed by atoms with Crippen LogP contribution in [0.3, 0.4) is 0 Å². The van der Waals surface area contributed by atoms with E-state index in [1.54, 1.807) is 7.11 Å². The lowest BCUT2D eigenvalue weighted by Gasteiger charge is -2.17. The van der Waals surface area contributed by atoms with Crippen LogP contribution in [-0.4, -0.2) is 24.8 Å². The number of methoxy groups -OCH3 is 1. The van der Waals surface area contributed by atoms with Crippen LogP contribution in [0.25, 0.3) is 0 Å². The Bertz CT molecular complexity index is 393. The van der Waals surface area contributed by atoms with Gasteiger partial charge in [-0.15, -0.1) is 11.8 Å². The van der Waals surface area contributed by atoms with Crippen molar-refractivity contribution < 1.29 is 9.53 Å². The lowest BCUT2D eigenvalue weighted by Crippen LogP contribution is -2.37. The second-order valence-corrected chi connectivity index (χ2v) is 5.62. The Hall–Kier alpha value is -1.16. The van der Waals surface area contributed by atoms with E-state index in [0.29, 0.717) is 11.7 Å². The predicted octanol–water partition coefficient (Wildman–Crippen LogP) is 2.95. The van der Waals surface area contributed by atoms with Crippen molar-refractivity contribution in [2.24, 2.45) is 5.92 Å². The van der Waals surface area contributed by atoms with E-state index in [1.165, 1.54) is 11.8 Å². The quantitative estimate of drug-likeness (QED) is 0.805. The molecule has 0 heterocycles. The van der Waals surface area contributed by atoms with Crippen molar-refractivity contribution in [1.29, 1.82) is 0 Å². The van der Waals surface area contributed by atoms with Crippen LogP contribution in [0, 0.1) is 5.92 Å². The van der Waals surface area contributed by atoms with Crippen molar-refractivity contribution in [2.45, 2.75) is 31.7 Å². The maximum atomic E-state index is 11.7. The highest BCUT2D eigenvalue weighted by Gasteiger charge is 2.10. The van der Waals surface area contributed by atoms with Crippen LogP contribution in [0.2, 0.25) is 0 Å². The Morgan fingerprint density at radius 3 is 2.72 bits per heavy atom. The molecule has 1 aromatic carbocycles. The number of thioether (sulfide) groups is 1. The molecule has 0 saturated heterocycles. The van der Waals surface area contributed by atoms with Gasteiger partial charge < -0.3 is 10.1 Å². The highest BCUT2D eigenvalue weighted by atomic mass is 32.2.